The van der Waals surface area contributed by atoms with Gasteiger partial charge >= 0.3 is 5.69 Å². The molecular weight excluding hydrogens is 236 g/mol. The van der Waals surface area contributed by atoms with Crippen LogP contribution in [0.1, 0.15) is 10.4 Å². The van der Waals surface area contributed by atoms with Gasteiger partial charge in [-0.15, -0.1) is 0 Å². The van der Waals surface area contributed by atoms with Gasteiger partial charge in [0.1, 0.15) is 6.20 Å². The van der Waals surface area contributed by atoms with E-state index in [1.165, 1.54) is 16.9 Å². The molecule has 0 spiro atoms. The number of nitrogens with zero attached hydrogens (tertiary/aromatic N) is 3. The Kier molecular flexibility index (Phi) is 2.80. The Morgan fingerprint density at radius 2 is 2.11 bits per heavy atom. The van der Waals surface area contributed by atoms with Crippen molar-refractivity contribution in [1.82, 2.24) is 9.78 Å². The molecule has 0 radical (unpaired) electrons. The Bertz CT molecular complexity index is 633. The highest BCUT2D eigenvalue weighted by Crippen LogP contribution is 2.30. The molecule has 0 bridgehead atoms. The monoisotopic (exact) mass is 246 g/mol. The largest absolute Gasteiger partial charge is 0.366 e. The van der Waals surface area contributed by atoms with E-state index in [9.17, 15) is 14.9 Å². The number of hydrogen-bond donors (Lipinski definition) is 1. The van der Waals surface area contributed by atoms with Crippen LogP contribution in [0.4, 0.5) is 5.69 Å². The number of primary amides is 1. The summed E-state index contributed by atoms with van der Waals surface area (Å²) in [6.07, 6.45) is 1.28. The number of amides is 1. The van der Waals surface area contributed by atoms with Crippen molar-refractivity contribution in [2.45, 2.75) is 0 Å². The number of nitro groups is 1. The minimum absolute atomic E-state index is 0.136. The number of carbonyl (C=O) groups is 1. The van der Waals surface area contributed by atoms with Crippen LogP contribution in [0.2, 0.25) is 0 Å². The lowest BCUT2D eigenvalue weighted by Crippen LogP contribution is -2.12. The van der Waals surface area contributed by atoms with E-state index in [0.717, 1.165) is 0 Å². The minimum atomic E-state index is -0.648. The van der Waals surface area contributed by atoms with Crippen LogP contribution < -0.4 is 5.73 Å². The Labute approximate surface area is 102 Å². The van der Waals surface area contributed by atoms with Crippen LogP contribution in [0.25, 0.3) is 11.3 Å². The summed E-state index contributed by atoms with van der Waals surface area (Å²) in [7, 11) is 1.57. The predicted octanol–water partition coefficient (Wildman–Crippen LogP) is 1.09. The van der Waals surface area contributed by atoms with Gasteiger partial charge in [-0.1, -0.05) is 18.2 Å². The van der Waals surface area contributed by atoms with E-state index in [4.69, 9.17) is 5.73 Å². The summed E-state index contributed by atoms with van der Waals surface area (Å²) in [6, 6.07) is 6.39. The molecule has 0 aliphatic carbocycles. The lowest BCUT2D eigenvalue weighted by Gasteiger charge is -2.02. The standard InChI is InChI=1S/C11H10N4O3/c1-14-6-9(15(17)18)10(13-14)7-4-2-3-5-8(7)11(12)16/h2-6H,1H3,(H2,12,16). The molecule has 2 rings (SSSR count). The molecule has 18 heavy (non-hydrogen) atoms. The number of hydrogen-bond acceptors (Lipinski definition) is 4. The second-order valence-electron chi connectivity index (χ2n) is 3.70. The van der Waals surface area contributed by atoms with Gasteiger partial charge in [-0.05, 0) is 6.07 Å². The van der Waals surface area contributed by atoms with Gasteiger partial charge in [0.05, 0.1) is 4.92 Å². The van der Waals surface area contributed by atoms with Crippen LogP contribution in [-0.4, -0.2) is 20.6 Å². The van der Waals surface area contributed by atoms with Gasteiger partial charge in [-0.2, -0.15) is 5.10 Å². The van der Waals surface area contributed by atoms with Crippen LogP contribution in [0.5, 0.6) is 0 Å². The Morgan fingerprint density at radius 3 is 2.72 bits per heavy atom. The van der Waals surface area contributed by atoms with Gasteiger partial charge in [-0.25, -0.2) is 0 Å². The van der Waals surface area contributed by atoms with Gasteiger partial charge in [0.25, 0.3) is 0 Å². The van der Waals surface area contributed by atoms with E-state index < -0.39 is 10.8 Å². The van der Waals surface area contributed by atoms with Crippen molar-refractivity contribution >= 4 is 11.6 Å². The highest BCUT2D eigenvalue weighted by Gasteiger charge is 2.23. The Balaban J connectivity index is 2.69. The maximum Gasteiger partial charge on any atom is 0.314 e. The lowest BCUT2D eigenvalue weighted by molar-refractivity contribution is -0.384. The number of nitrogens with two attached hydrogens (primary N) is 1. The fourth-order valence-corrected chi connectivity index (χ4v) is 1.71. The first-order valence-electron chi connectivity index (χ1n) is 5.08. The molecule has 1 aromatic heterocycles. The molecule has 1 amide bonds. The van der Waals surface area contributed by atoms with Gasteiger partial charge in [-0.3, -0.25) is 19.6 Å². The molecule has 0 aliphatic rings. The summed E-state index contributed by atoms with van der Waals surface area (Å²) < 4.78 is 1.32. The maximum absolute atomic E-state index is 11.3. The third-order valence-electron chi connectivity index (χ3n) is 2.45. The van der Waals surface area contributed by atoms with Crippen LogP contribution in [0.3, 0.4) is 0 Å². The molecule has 0 saturated heterocycles. The van der Waals surface area contributed by atoms with Crippen molar-refractivity contribution in [2.24, 2.45) is 12.8 Å². The summed E-state index contributed by atoms with van der Waals surface area (Å²) in [5.41, 5.74) is 5.78. The molecule has 7 nitrogen and oxygen atoms in total. The smallest absolute Gasteiger partial charge is 0.314 e. The zero-order chi connectivity index (χ0) is 13.3. The van der Waals surface area contributed by atoms with Crippen LogP contribution in [0, 0.1) is 10.1 Å². The van der Waals surface area contributed by atoms with Crippen molar-refractivity contribution in [2.75, 3.05) is 0 Å². The summed E-state index contributed by atoms with van der Waals surface area (Å²) >= 11 is 0. The normalized spacial score (nSPS) is 10.3. The van der Waals surface area contributed by atoms with E-state index in [0.29, 0.717) is 5.56 Å². The molecule has 2 N–H and O–H groups in total. The quantitative estimate of drug-likeness (QED) is 0.646. The minimum Gasteiger partial charge on any atom is -0.366 e. The lowest BCUT2D eigenvalue weighted by atomic mass is 10.0. The summed E-state index contributed by atoms with van der Waals surface area (Å²) in [5.74, 6) is -0.648. The van der Waals surface area contributed by atoms with E-state index in [1.54, 1.807) is 25.2 Å². The van der Waals surface area contributed by atoms with Gasteiger partial charge < -0.3 is 5.73 Å². The van der Waals surface area contributed by atoms with Crippen LogP contribution in [0.15, 0.2) is 30.5 Å². The molecule has 1 aromatic carbocycles. The summed E-state index contributed by atoms with van der Waals surface area (Å²) in [6.45, 7) is 0. The van der Waals surface area contributed by atoms with Gasteiger partial charge in [0, 0.05) is 18.2 Å². The van der Waals surface area contributed by atoms with Gasteiger partial charge in [0.15, 0.2) is 5.69 Å². The predicted molar refractivity (Wildman–Crippen MR) is 63.8 cm³/mol. The maximum atomic E-state index is 11.3. The van der Waals surface area contributed by atoms with Gasteiger partial charge in [0.2, 0.25) is 5.91 Å². The molecule has 1 heterocycles. The van der Waals surface area contributed by atoms with E-state index in [2.05, 4.69) is 5.10 Å². The molecule has 0 atom stereocenters. The number of aromatic nitrogens is 2. The van der Waals surface area contributed by atoms with Crippen molar-refractivity contribution in [1.29, 1.82) is 0 Å². The molecule has 92 valence electrons. The average Bonchev–Trinajstić information content (AvgIpc) is 2.71. The molecule has 7 heteroatoms. The molecule has 0 saturated carbocycles. The van der Waals surface area contributed by atoms with Crippen molar-refractivity contribution in [3.8, 4) is 11.3 Å². The molecule has 0 unspecified atom stereocenters. The Morgan fingerprint density at radius 1 is 1.44 bits per heavy atom. The second kappa shape index (κ2) is 4.28. The van der Waals surface area contributed by atoms with Crippen LogP contribution >= 0.6 is 0 Å². The number of carbonyl (C=O) groups excluding carboxylic acids is 1. The van der Waals surface area contributed by atoms with Crippen molar-refractivity contribution in [3.05, 3.63) is 46.1 Å². The first kappa shape index (κ1) is 11.8. The zero-order valence-electron chi connectivity index (χ0n) is 9.53. The Hall–Kier alpha value is -2.70. The van der Waals surface area contributed by atoms with Crippen molar-refractivity contribution in [3.63, 3.8) is 0 Å². The topological polar surface area (TPSA) is 104 Å². The summed E-state index contributed by atoms with van der Waals surface area (Å²) in [4.78, 5) is 21.7. The van der Waals surface area contributed by atoms with E-state index >= 15 is 0 Å². The third kappa shape index (κ3) is 1.93. The van der Waals surface area contributed by atoms with E-state index in [-0.39, 0.29) is 16.9 Å². The number of aryl methyl sites for hydroxylation is 1. The zero-order valence-corrected chi connectivity index (χ0v) is 9.53. The van der Waals surface area contributed by atoms with Crippen molar-refractivity contribution < 1.29 is 9.72 Å². The molecular formula is C11H10N4O3. The summed E-state index contributed by atoms with van der Waals surface area (Å²) in [5, 5.41) is 14.9. The molecule has 2 aromatic rings. The molecule has 0 aliphatic heterocycles. The first-order chi connectivity index (χ1) is 8.50. The SMILES string of the molecule is Cn1cc([N+](=O)[O-])c(-c2ccccc2C(N)=O)n1. The fraction of sp³-hybridized carbons (Fsp3) is 0.0909. The first-order valence-corrected chi connectivity index (χ1v) is 5.08. The third-order valence-corrected chi connectivity index (χ3v) is 2.45. The fourth-order valence-electron chi connectivity index (χ4n) is 1.71. The number of rotatable bonds is 3. The highest BCUT2D eigenvalue weighted by molar-refractivity contribution is 6.00. The highest BCUT2D eigenvalue weighted by atomic mass is 16.6. The second-order valence-corrected chi connectivity index (χ2v) is 3.70. The average molecular weight is 246 g/mol. The molecule has 0 fully saturated rings. The van der Waals surface area contributed by atoms with Crippen LogP contribution in [-0.2, 0) is 7.05 Å². The van der Waals surface area contributed by atoms with E-state index in [1.807, 2.05) is 0 Å². The number of benzene rings is 1.